The van der Waals surface area contributed by atoms with E-state index in [1.54, 1.807) is 0 Å². The fourth-order valence-corrected chi connectivity index (χ4v) is 1.25. The molecule has 0 saturated carbocycles. The standard InChI is InChI=1S/C9H19NO2/c1-4-9(12)8(3)10(5-2)6-7-11/h8,11H,4-7H2,1-3H3. The molecule has 3 nitrogen and oxygen atoms in total. The Balaban J connectivity index is 4.00. The van der Waals surface area contributed by atoms with Gasteiger partial charge in [-0.2, -0.15) is 0 Å². The summed E-state index contributed by atoms with van der Waals surface area (Å²) < 4.78 is 0. The SMILES string of the molecule is CCC(=O)C(C)N(CC)CCO. The predicted molar refractivity (Wildman–Crippen MR) is 49.1 cm³/mol. The number of aliphatic hydroxyl groups is 1. The minimum absolute atomic E-state index is 0.0489. The van der Waals surface area contributed by atoms with Gasteiger partial charge >= 0.3 is 0 Å². The lowest BCUT2D eigenvalue weighted by Crippen LogP contribution is -2.40. The van der Waals surface area contributed by atoms with E-state index in [4.69, 9.17) is 5.11 Å². The summed E-state index contributed by atoms with van der Waals surface area (Å²) in [6.07, 6.45) is 0.573. The topological polar surface area (TPSA) is 40.5 Å². The Bertz CT molecular complexity index is 136. The lowest BCUT2D eigenvalue weighted by atomic mass is 10.1. The molecule has 0 aliphatic carbocycles. The number of hydrogen-bond acceptors (Lipinski definition) is 3. The Morgan fingerprint density at radius 2 is 2.08 bits per heavy atom. The van der Waals surface area contributed by atoms with Gasteiger partial charge in [-0.3, -0.25) is 9.69 Å². The van der Waals surface area contributed by atoms with Gasteiger partial charge in [-0.15, -0.1) is 0 Å². The molecule has 0 aromatic heterocycles. The van der Waals surface area contributed by atoms with E-state index < -0.39 is 0 Å². The van der Waals surface area contributed by atoms with Crippen LogP contribution in [0.15, 0.2) is 0 Å². The predicted octanol–water partition coefficient (Wildman–Crippen LogP) is 0.668. The van der Waals surface area contributed by atoms with Crippen LogP contribution >= 0.6 is 0 Å². The number of ketones is 1. The molecule has 0 radical (unpaired) electrons. The molecule has 0 aromatic carbocycles. The zero-order chi connectivity index (χ0) is 9.56. The molecule has 0 aliphatic heterocycles. The zero-order valence-corrected chi connectivity index (χ0v) is 8.21. The highest BCUT2D eigenvalue weighted by atomic mass is 16.3. The van der Waals surface area contributed by atoms with Crippen molar-refractivity contribution in [2.45, 2.75) is 33.2 Å². The van der Waals surface area contributed by atoms with Gasteiger partial charge in [0.05, 0.1) is 12.6 Å². The Labute approximate surface area is 74.4 Å². The second-order valence-corrected chi connectivity index (χ2v) is 2.85. The Morgan fingerprint density at radius 3 is 2.42 bits per heavy atom. The van der Waals surface area contributed by atoms with Gasteiger partial charge in [-0.05, 0) is 13.5 Å². The van der Waals surface area contributed by atoms with Crippen LogP contribution in [-0.2, 0) is 4.79 Å². The van der Waals surface area contributed by atoms with Crippen molar-refractivity contribution in [2.24, 2.45) is 0 Å². The first-order chi connectivity index (χ1) is 5.67. The summed E-state index contributed by atoms with van der Waals surface area (Å²) in [5.41, 5.74) is 0. The third-order valence-corrected chi connectivity index (χ3v) is 2.16. The Morgan fingerprint density at radius 1 is 1.50 bits per heavy atom. The third-order valence-electron chi connectivity index (χ3n) is 2.16. The van der Waals surface area contributed by atoms with Crippen molar-refractivity contribution in [3.63, 3.8) is 0 Å². The van der Waals surface area contributed by atoms with Crippen molar-refractivity contribution in [3.8, 4) is 0 Å². The number of likely N-dealkylation sites (N-methyl/N-ethyl adjacent to an activating group) is 1. The average molecular weight is 173 g/mol. The van der Waals surface area contributed by atoms with Crippen LogP contribution in [0.2, 0.25) is 0 Å². The molecule has 0 spiro atoms. The van der Waals surface area contributed by atoms with E-state index in [1.807, 2.05) is 25.7 Å². The fraction of sp³-hybridized carbons (Fsp3) is 0.889. The number of Topliss-reactive ketones (excluding diaryl/α,β-unsaturated/α-hetero) is 1. The van der Waals surface area contributed by atoms with Crippen LogP contribution < -0.4 is 0 Å². The summed E-state index contributed by atoms with van der Waals surface area (Å²) in [4.78, 5) is 13.2. The molecule has 0 heterocycles. The van der Waals surface area contributed by atoms with Crippen molar-refractivity contribution in [3.05, 3.63) is 0 Å². The molecule has 1 atom stereocenters. The highest BCUT2D eigenvalue weighted by molar-refractivity contribution is 5.83. The zero-order valence-electron chi connectivity index (χ0n) is 8.21. The van der Waals surface area contributed by atoms with Gasteiger partial charge in [-0.1, -0.05) is 13.8 Å². The van der Waals surface area contributed by atoms with Crippen molar-refractivity contribution in [2.75, 3.05) is 19.7 Å². The molecule has 0 bridgehead atoms. The first-order valence-corrected chi connectivity index (χ1v) is 4.54. The van der Waals surface area contributed by atoms with E-state index in [9.17, 15) is 4.79 Å². The molecule has 0 fully saturated rings. The molecule has 72 valence electrons. The molecule has 1 N–H and O–H groups in total. The normalized spacial score (nSPS) is 13.4. The molecule has 12 heavy (non-hydrogen) atoms. The van der Waals surface area contributed by atoms with Gasteiger partial charge in [-0.25, -0.2) is 0 Å². The van der Waals surface area contributed by atoms with Gasteiger partial charge in [0, 0.05) is 13.0 Å². The number of aliphatic hydroxyl groups excluding tert-OH is 1. The van der Waals surface area contributed by atoms with E-state index in [2.05, 4.69) is 0 Å². The monoisotopic (exact) mass is 173 g/mol. The molecule has 0 aliphatic rings. The highest BCUT2D eigenvalue weighted by Gasteiger charge is 2.16. The van der Waals surface area contributed by atoms with Crippen molar-refractivity contribution in [1.82, 2.24) is 4.90 Å². The number of nitrogens with zero attached hydrogens (tertiary/aromatic N) is 1. The van der Waals surface area contributed by atoms with Gasteiger partial charge in [0.25, 0.3) is 0 Å². The van der Waals surface area contributed by atoms with Gasteiger partial charge < -0.3 is 5.11 Å². The van der Waals surface area contributed by atoms with Crippen LogP contribution in [0.3, 0.4) is 0 Å². The lowest BCUT2D eigenvalue weighted by Gasteiger charge is -2.25. The average Bonchev–Trinajstić information content (AvgIpc) is 2.11. The molecular formula is C9H19NO2. The van der Waals surface area contributed by atoms with Crippen LogP contribution in [-0.4, -0.2) is 41.5 Å². The molecule has 3 heteroatoms. The van der Waals surface area contributed by atoms with Crippen molar-refractivity contribution >= 4 is 5.78 Å². The van der Waals surface area contributed by atoms with Crippen LogP contribution in [0.4, 0.5) is 0 Å². The summed E-state index contributed by atoms with van der Waals surface area (Å²) in [6.45, 7) is 7.28. The molecule has 1 unspecified atom stereocenters. The summed E-state index contributed by atoms with van der Waals surface area (Å²) in [7, 11) is 0. The van der Waals surface area contributed by atoms with E-state index in [0.29, 0.717) is 13.0 Å². The summed E-state index contributed by atoms with van der Waals surface area (Å²) >= 11 is 0. The van der Waals surface area contributed by atoms with E-state index >= 15 is 0 Å². The largest absolute Gasteiger partial charge is 0.395 e. The van der Waals surface area contributed by atoms with E-state index in [0.717, 1.165) is 6.54 Å². The van der Waals surface area contributed by atoms with E-state index in [1.165, 1.54) is 0 Å². The highest BCUT2D eigenvalue weighted by Crippen LogP contribution is 2.01. The number of hydrogen-bond donors (Lipinski definition) is 1. The fourth-order valence-electron chi connectivity index (χ4n) is 1.25. The second-order valence-electron chi connectivity index (χ2n) is 2.85. The second kappa shape index (κ2) is 6.14. The minimum Gasteiger partial charge on any atom is -0.395 e. The Hall–Kier alpha value is -0.410. The third kappa shape index (κ3) is 3.32. The lowest BCUT2D eigenvalue weighted by molar-refractivity contribution is -0.123. The molecular weight excluding hydrogens is 154 g/mol. The number of carbonyl (C=O) groups is 1. The first-order valence-electron chi connectivity index (χ1n) is 4.54. The van der Waals surface area contributed by atoms with Crippen LogP contribution in [0.5, 0.6) is 0 Å². The number of rotatable bonds is 6. The summed E-state index contributed by atoms with van der Waals surface area (Å²) in [6, 6.07) is -0.0489. The number of carbonyl (C=O) groups excluding carboxylic acids is 1. The van der Waals surface area contributed by atoms with Gasteiger partial charge in [0.2, 0.25) is 0 Å². The molecule has 0 aromatic rings. The van der Waals surface area contributed by atoms with E-state index in [-0.39, 0.29) is 18.4 Å². The smallest absolute Gasteiger partial charge is 0.149 e. The van der Waals surface area contributed by atoms with Crippen LogP contribution in [0.25, 0.3) is 0 Å². The van der Waals surface area contributed by atoms with Crippen LogP contribution in [0, 0.1) is 0 Å². The maximum Gasteiger partial charge on any atom is 0.149 e. The maximum absolute atomic E-state index is 11.3. The molecule has 0 saturated heterocycles. The molecule has 0 amide bonds. The van der Waals surface area contributed by atoms with Crippen molar-refractivity contribution in [1.29, 1.82) is 0 Å². The van der Waals surface area contributed by atoms with Crippen molar-refractivity contribution < 1.29 is 9.90 Å². The van der Waals surface area contributed by atoms with Gasteiger partial charge in [0.15, 0.2) is 0 Å². The molecule has 0 rings (SSSR count). The van der Waals surface area contributed by atoms with Gasteiger partial charge in [0.1, 0.15) is 5.78 Å². The van der Waals surface area contributed by atoms with Crippen LogP contribution in [0.1, 0.15) is 27.2 Å². The summed E-state index contributed by atoms with van der Waals surface area (Å²) in [5.74, 6) is 0.241. The Kier molecular flexibility index (Phi) is 5.93. The first kappa shape index (κ1) is 11.6. The summed E-state index contributed by atoms with van der Waals surface area (Å²) in [5, 5.41) is 8.72. The maximum atomic E-state index is 11.3. The minimum atomic E-state index is -0.0489. The quantitative estimate of drug-likeness (QED) is 0.641.